The molecule has 0 unspecified atom stereocenters. The van der Waals surface area contributed by atoms with Crippen LogP contribution in [0.1, 0.15) is 12.5 Å². The van der Waals surface area contributed by atoms with Crippen molar-refractivity contribution in [1.29, 1.82) is 5.41 Å². The van der Waals surface area contributed by atoms with Crippen LogP contribution in [0, 0.1) is 11.2 Å². The lowest BCUT2D eigenvalue weighted by Crippen LogP contribution is -2.03. The Morgan fingerprint density at radius 1 is 1.12 bits per heavy atom. The molecule has 0 atom stereocenters. The van der Waals surface area contributed by atoms with Crippen LogP contribution < -0.4 is 10.1 Å². The third-order valence-electron chi connectivity index (χ3n) is 3.71. The molecule has 0 amide bonds. The van der Waals surface area contributed by atoms with E-state index in [0.717, 1.165) is 5.56 Å². The standard InChI is InChI=1S/C19H17FN4O/c1-12(21)15-8-7-14(25-2)9-18(15)24-19-22-10-13(11-23-19)16-5-3-4-6-17(16)20/h3-11,21H,1-2H3,(H,22,23,24). The highest BCUT2D eigenvalue weighted by Gasteiger charge is 2.09. The number of anilines is 2. The maximum Gasteiger partial charge on any atom is 0.227 e. The van der Waals surface area contributed by atoms with Crippen molar-refractivity contribution in [2.75, 3.05) is 12.4 Å². The molecule has 0 aliphatic rings. The van der Waals surface area contributed by atoms with Gasteiger partial charge in [-0.1, -0.05) is 18.2 Å². The first kappa shape index (κ1) is 16.6. The largest absolute Gasteiger partial charge is 0.497 e. The molecular formula is C19H17FN4O. The van der Waals surface area contributed by atoms with Gasteiger partial charge in [0.25, 0.3) is 0 Å². The van der Waals surface area contributed by atoms with Gasteiger partial charge in [-0.05, 0) is 25.1 Å². The summed E-state index contributed by atoms with van der Waals surface area (Å²) in [5, 5.41) is 11.0. The zero-order valence-corrected chi connectivity index (χ0v) is 13.9. The molecule has 0 aliphatic heterocycles. The quantitative estimate of drug-likeness (QED) is 0.677. The first-order valence-electron chi connectivity index (χ1n) is 7.66. The Morgan fingerprint density at radius 3 is 2.48 bits per heavy atom. The van der Waals surface area contributed by atoms with E-state index in [9.17, 15) is 4.39 Å². The average Bonchev–Trinajstić information content (AvgIpc) is 2.62. The van der Waals surface area contributed by atoms with Crippen LogP contribution in [0.15, 0.2) is 54.9 Å². The predicted molar refractivity (Wildman–Crippen MR) is 96.2 cm³/mol. The van der Waals surface area contributed by atoms with Crippen molar-refractivity contribution < 1.29 is 9.13 Å². The second-order valence-electron chi connectivity index (χ2n) is 5.44. The molecule has 0 aliphatic carbocycles. The van der Waals surface area contributed by atoms with E-state index in [0.29, 0.717) is 34.2 Å². The Labute approximate surface area is 145 Å². The Morgan fingerprint density at radius 2 is 1.84 bits per heavy atom. The normalized spacial score (nSPS) is 10.4. The summed E-state index contributed by atoms with van der Waals surface area (Å²) in [7, 11) is 1.58. The zero-order valence-electron chi connectivity index (χ0n) is 13.9. The van der Waals surface area contributed by atoms with Crippen molar-refractivity contribution in [2.24, 2.45) is 0 Å². The van der Waals surface area contributed by atoms with Gasteiger partial charge in [0.2, 0.25) is 5.95 Å². The number of halogens is 1. The highest BCUT2D eigenvalue weighted by molar-refractivity contribution is 6.02. The predicted octanol–water partition coefficient (Wildman–Crippen LogP) is 4.42. The second kappa shape index (κ2) is 7.09. The van der Waals surface area contributed by atoms with Gasteiger partial charge in [-0.3, -0.25) is 0 Å². The van der Waals surface area contributed by atoms with Crippen LogP contribution >= 0.6 is 0 Å². The van der Waals surface area contributed by atoms with Gasteiger partial charge in [-0.25, -0.2) is 14.4 Å². The molecule has 2 N–H and O–H groups in total. The number of rotatable bonds is 5. The van der Waals surface area contributed by atoms with Gasteiger partial charge in [0.05, 0.1) is 12.8 Å². The van der Waals surface area contributed by atoms with Crippen LogP contribution in [0.25, 0.3) is 11.1 Å². The van der Waals surface area contributed by atoms with Crippen molar-refractivity contribution in [1.82, 2.24) is 9.97 Å². The number of aromatic nitrogens is 2. The van der Waals surface area contributed by atoms with Gasteiger partial charge in [0.15, 0.2) is 0 Å². The molecule has 6 heteroatoms. The molecule has 0 fully saturated rings. The molecule has 0 saturated heterocycles. The summed E-state index contributed by atoms with van der Waals surface area (Å²) in [6.45, 7) is 1.70. The van der Waals surface area contributed by atoms with Crippen LogP contribution in [-0.4, -0.2) is 22.8 Å². The van der Waals surface area contributed by atoms with Crippen molar-refractivity contribution >= 4 is 17.3 Å². The molecule has 3 rings (SSSR count). The van der Waals surface area contributed by atoms with Crippen LogP contribution in [-0.2, 0) is 0 Å². The van der Waals surface area contributed by atoms with Gasteiger partial charge in [-0.2, -0.15) is 0 Å². The number of nitrogens with zero attached hydrogens (tertiary/aromatic N) is 2. The summed E-state index contributed by atoms with van der Waals surface area (Å²) < 4.78 is 19.1. The summed E-state index contributed by atoms with van der Waals surface area (Å²) in [6, 6.07) is 11.9. The molecule has 5 nitrogen and oxygen atoms in total. The second-order valence-corrected chi connectivity index (χ2v) is 5.44. The Bertz CT molecular complexity index is 910. The molecule has 25 heavy (non-hydrogen) atoms. The van der Waals surface area contributed by atoms with Gasteiger partial charge in [0.1, 0.15) is 11.6 Å². The SMILES string of the molecule is COc1ccc(C(C)=N)c(Nc2ncc(-c3ccccc3F)cn2)c1. The van der Waals surface area contributed by atoms with Crippen molar-refractivity contribution in [3.8, 4) is 16.9 Å². The van der Waals surface area contributed by atoms with Crippen molar-refractivity contribution in [3.63, 3.8) is 0 Å². The highest BCUT2D eigenvalue weighted by atomic mass is 19.1. The molecule has 0 spiro atoms. The minimum Gasteiger partial charge on any atom is -0.497 e. The van der Waals surface area contributed by atoms with E-state index in [4.69, 9.17) is 10.1 Å². The van der Waals surface area contributed by atoms with Crippen LogP contribution in [0.3, 0.4) is 0 Å². The number of ether oxygens (including phenoxy) is 1. The topological polar surface area (TPSA) is 70.9 Å². The number of nitrogens with one attached hydrogen (secondary N) is 2. The molecule has 1 heterocycles. The minimum atomic E-state index is -0.318. The van der Waals surface area contributed by atoms with Gasteiger partial charge in [0, 0.05) is 40.9 Å². The molecule has 2 aromatic carbocycles. The highest BCUT2D eigenvalue weighted by Crippen LogP contribution is 2.26. The first-order chi connectivity index (χ1) is 12.1. The number of methoxy groups -OCH3 is 1. The van der Waals surface area contributed by atoms with E-state index in [1.807, 2.05) is 0 Å². The van der Waals surface area contributed by atoms with Crippen molar-refractivity contribution in [3.05, 3.63) is 66.2 Å². The van der Waals surface area contributed by atoms with E-state index >= 15 is 0 Å². The summed E-state index contributed by atoms with van der Waals surface area (Å²) in [4.78, 5) is 8.49. The molecular weight excluding hydrogens is 319 g/mol. The lowest BCUT2D eigenvalue weighted by molar-refractivity contribution is 0.415. The fourth-order valence-electron chi connectivity index (χ4n) is 2.43. The minimum absolute atomic E-state index is 0.318. The third-order valence-corrected chi connectivity index (χ3v) is 3.71. The summed E-state index contributed by atoms with van der Waals surface area (Å²) in [6.07, 6.45) is 3.12. The van der Waals surface area contributed by atoms with E-state index in [2.05, 4.69) is 15.3 Å². The van der Waals surface area contributed by atoms with E-state index in [1.165, 1.54) is 6.07 Å². The smallest absolute Gasteiger partial charge is 0.227 e. The summed E-state index contributed by atoms with van der Waals surface area (Å²) >= 11 is 0. The number of hydrogen-bond donors (Lipinski definition) is 2. The lowest BCUT2D eigenvalue weighted by atomic mass is 10.1. The van der Waals surface area contributed by atoms with Gasteiger partial charge >= 0.3 is 0 Å². The summed E-state index contributed by atoms with van der Waals surface area (Å²) in [5.41, 5.74) is 2.85. The number of hydrogen-bond acceptors (Lipinski definition) is 5. The molecule has 0 radical (unpaired) electrons. The molecule has 3 aromatic rings. The number of benzene rings is 2. The fourth-order valence-corrected chi connectivity index (χ4v) is 2.43. The Balaban J connectivity index is 1.89. The lowest BCUT2D eigenvalue weighted by Gasteiger charge is -2.12. The molecule has 0 saturated carbocycles. The van der Waals surface area contributed by atoms with Crippen LogP contribution in [0.4, 0.5) is 16.0 Å². The Kier molecular flexibility index (Phi) is 4.70. The van der Waals surface area contributed by atoms with E-state index < -0.39 is 0 Å². The van der Waals surface area contributed by atoms with Gasteiger partial charge < -0.3 is 15.5 Å². The van der Waals surface area contributed by atoms with E-state index in [1.54, 1.807) is 62.8 Å². The maximum atomic E-state index is 13.8. The van der Waals surface area contributed by atoms with Crippen molar-refractivity contribution in [2.45, 2.75) is 6.92 Å². The molecule has 126 valence electrons. The molecule has 0 bridgehead atoms. The molecule has 1 aromatic heterocycles. The van der Waals surface area contributed by atoms with Crippen LogP contribution in [0.2, 0.25) is 0 Å². The van der Waals surface area contributed by atoms with Crippen LogP contribution in [0.5, 0.6) is 5.75 Å². The van der Waals surface area contributed by atoms with Gasteiger partial charge in [-0.15, -0.1) is 0 Å². The maximum absolute atomic E-state index is 13.8. The third kappa shape index (κ3) is 3.63. The monoisotopic (exact) mass is 336 g/mol. The summed E-state index contributed by atoms with van der Waals surface area (Å²) in [5.74, 6) is 0.702. The van der Waals surface area contributed by atoms with E-state index in [-0.39, 0.29) is 5.82 Å². The zero-order chi connectivity index (χ0) is 17.8. The first-order valence-corrected chi connectivity index (χ1v) is 7.66. The fraction of sp³-hybridized carbons (Fsp3) is 0.105. The average molecular weight is 336 g/mol. The Hall–Kier alpha value is -3.28.